The highest BCUT2D eigenvalue weighted by atomic mass is 32.2. The first kappa shape index (κ1) is 12.4. The number of hydrogen-bond acceptors (Lipinski definition) is 4. The summed E-state index contributed by atoms with van der Waals surface area (Å²) in [6, 6.07) is 13.3. The standard InChI is InChI=1S/C14H11NO2S2/c1-15-12(16)14(19-13(15)17,11-8-5-9-18-11)10-6-3-2-4-7-10/h2-9H,1H3. The molecule has 0 saturated carbocycles. The number of carbonyl (C=O) groups is 2. The van der Waals surface area contributed by atoms with Crippen molar-refractivity contribution >= 4 is 34.2 Å². The molecule has 0 aliphatic carbocycles. The number of thiophene rings is 1. The molecule has 0 radical (unpaired) electrons. The topological polar surface area (TPSA) is 37.4 Å². The summed E-state index contributed by atoms with van der Waals surface area (Å²) in [6.07, 6.45) is 0. The largest absolute Gasteiger partial charge is 0.289 e. The van der Waals surface area contributed by atoms with Crippen molar-refractivity contribution in [2.45, 2.75) is 4.75 Å². The van der Waals surface area contributed by atoms with Gasteiger partial charge in [-0.2, -0.15) is 0 Å². The van der Waals surface area contributed by atoms with Crippen molar-refractivity contribution in [2.24, 2.45) is 0 Å². The minimum atomic E-state index is -0.915. The number of thioether (sulfide) groups is 1. The summed E-state index contributed by atoms with van der Waals surface area (Å²) in [5.74, 6) is -0.170. The minimum Gasteiger partial charge on any atom is -0.275 e. The SMILES string of the molecule is CN1C(=O)SC(c2ccccc2)(c2cccs2)C1=O. The average Bonchev–Trinajstić information content (AvgIpc) is 3.04. The molecule has 0 spiro atoms. The fourth-order valence-corrected chi connectivity index (χ4v) is 4.42. The van der Waals surface area contributed by atoms with Crippen LogP contribution in [-0.4, -0.2) is 23.1 Å². The van der Waals surface area contributed by atoms with Gasteiger partial charge >= 0.3 is 0 Å². The molecule has 2 heterocycles. The van der Waals surface area contributed by atoms with Gasteiger partial charge < -0.3 is 0 Å². The lowest BCUT2D eigenvalue weighted by Crippen LogP contribution is -2.35. The second-order valence-corrected chi connectivity index (χ2v) is 6.37. The van der Waals surface area contributed by atoms with Crippen molar-refractivity contribution in [1.82, 2.24) is 4.90 Å². The smallest absolute Gasteiger partial charge is 0.275 e. The lowest BCUT2D eigenvalue weighted by molar-refractivity contribution is -0.127. The Labute approximate surface area is 119 Å². The molecule has 1 fully saturated rings. The highest BCUT2D eigenvalue weighted by Crippen LogP contribution is 2.51. The third-order valence-corrected chi connectivity index (χ3v) is 5.67. The maximum atomic E-state index is 12.6. The molecule has 3 rings (SSSR count). The van der Waals surface area contributed by atoms with Crippen molar-refractivity contribution in [2.75, 3.05) is 7.05 Å². The molecule has 19 heavy (non-hydrogen) atoms. The zero-order valence-corrected chi connectivity index (χ0v) is 11.8. The molecule has 0 bridgehead atoms. The van der Waals surface area contributed by atoms with Gasteiger partial charge in [0.15, 0.2) is 4.75 Å². The van der Waals surface area contributed by atoms with Crippen LogP contribution in [0.1, 0.15) is 10.4 Å². The lowest BCUT2D eigenvalue weighted by atomic mass is 9.95. The number of carbonyl (C=O) groups excluding carboxylic acids is 2. The summed E-state index contributed by atoms with van der Waals surface area (Å²) in [6.45, 7) is 0. The molecule has 3 nitrogen and oxygen atoms in total. The summed E-state index contributed by atoms with van der Waals surface area (Å²) >= 11 is 2.59. The normalized spacial score (nSPS) is 23.1. The van der Waals surface area contributed by atoms with Crippen LogP contribution in [0.5, 0.6) is 0 Å². The van der Waals surface area contributed by atoms with E-state index in [-0.39, 0.29) is 11.1 Å². The van der Waals surface area contributed by atoms with Gasteiger partial charge in [-0.3, -0.25) is 14.5 Å². The van der Waals surface area contributed by atoms with Crippen LogP contribution in [-0.2, 0) is 9.54 Å². The summed E-state index contributed by atoms with van der Waals surface area (Å²) in [5.41, 5.74) is 0.852. The zero-order valence-electron chi connectivity index (χ0n) is 10.2. The molecule has 1 aliphatic heterocycles. The van der Waals surface area contributed by atoms with E-state index in [2.05, 4.69) is 0 Å². The Hall–Kier alpha value is -1.59. The van der Waals surface area contributed by atoms with Gasteiger partial charge in [0.05, 0.1) is 0 Å². The Bertz CT molecular complexity index is 624. The molecule has 1 aromatic heterocycles. The van der Waals surface area contributed by atoms with Crippen molar-refractivity contribution < 1.29 is 9.59 Å². The number of likely N-dealkylation sites (N-methyl/N-ethyl adjacent to an activating group) is 1. The van der Waals surface area contributed by atoms with Crippen molar-refractivity contribution in [3.63, 3.8) is 0 Å². The first-order valence-electron chi connectivity index (χ1n) is 5.77. The van der Waals surface area contributed by atoms with Crippen LogP contribution in [0.4, 0.5) is 4.79 Å². The van der Waals surface area contributed by atoms with Crippen LogP contribution in [0, 0.1) is 0 Å². The molecule has 2 amide bonds. The van der Waals surface area contributed by atoms with Gasteiger partial charge in [-0.15, -0.1) is 11.3 Å². The summed E-state index contributed by atoms with van der Waals surface area (Å²) < 4.78 is -0.915. The van der Waals surface area contributed by atoms with Crippen LogP contribution in [0.2, 0.25) is 0 Å². The number of imide groups is 1. The summed E-state index contributed by atoms with van der Waals surface area (Å²) in [5, 5.41) is 1.72. The van der Waals surface area contributed by atoms with Crippen LogP contribution in [0.3, 0.4) is 0 Å². The third kappa shape index (κ3) is 1.73. The van der Waals surface area contributed by atoms with Crippen LogP contribution in [0.25, 0.3) is 0 Å². The molecule has 5 heteroatoms. The van der Waals surface area contributed by atoms with Gasteiger partial charge in [0, 0.05) is 11.9 Å². The van der Waals surface area contributed by atoms with E-state index in [4.69, 9.17) is 0 Å². The maximum Gasteiger partial charge on any atom is 0.289 e. The number of amides is 2. The summed E-state index contributed by atoms with van der Waals surface area (Å²) in [7, 11) is 1.54. The molecule has 2 aromatic rings. The van der Waals surface area contributed by atoms with E-state index >= 15 is 0 Å². The Balaban J connectivity index is 2.24. The Morgan fingerprint density at radius 3 is 2.32 bits per heavy atom. The van der Waals surface area contributed by atoms with E-state index in [9.17, 15) is 9.59 Å². The minimum absolute atomic E-state index is 0.170. The lowest BCUT2D eigenvalue weighted by Gasteiger charge is -2.24. The molecule has 1 aromatic carbocycles. The molecular weight excluding hydrogens is 278 g/mol. The predicted octanol–water partition coefficient (Wildman–Crippen LogP) is 3.32. The molecule has 1 unspecified atom stereocenters. The number of nitrogens with zero attached hydrogens (tertiary/aromatic N) is 1. The Kier molecular flexibility index (Phi) is 2.95. The maximum absolute atomic E-state index is 12.6. The Morgan fingerprint density at radius 2 is 1.79 bits per heavy atom. The van der Waals surface area contributed by atoms with E-state index in [1.165, 1.54) is 23.3 Å². The predicted molar refractivity (Wildman–Crippen MR) is 77.3 cm³/mol. The van der Waals surface area contributed by atoms with Gasteiger partial charge in [-0.1, -0.05) is 36.4 Å². The van der Waals surface area contributed by atoms with Crippen LogP contribution in [0.15, 0.2) is 47.8 Å². The molecular formula is C14H11NO2S2. The average molecular weight is 289 g/mol. The van der Waals surface area contributed by atoms with E-state index < -0.39 is 4.75 Å². The van der Waals surface area contributed by atoms with Crippen molar-refractivity contribution in [3.05, 3.63) is 58.3 Å². The Morgan fingerprint density at radius 1 is 1.05 bits per heavy atom. The van der Waals surface area contributed by atoms with Crippen molar-refractivity contribution in [1.29, 1.82) is 0 Å². The quantitative estimate of drug-likeness (QED) is 0.851. The molecule has 1 aliphatic rings. The first-order chi connectivity index (χ1) is 9.16. The number of benzene rings is 1. The molecule has 96 valence electrons. The number of rotatable bonds is 2. The first-order valence-corrected chi connectivity index (χ1v) is 7.46. The monoisotopic (exact) mass is 289 g/mol. The van der Waals surface area contributed by atoms with Gasteiger partial charge in [0.25, 0.3) is 11.1 Å². The number of hydrogen-bond donors (Lipinski definition) is 0. The van der Waals surface area contributed by atoms with E-state index in [1.54, 1.807) is 0 Å². The van der Waals surface area contributed by atoms with Crippen LogP contribution < -0.4 is 0 Å². The van der Waals surface area contributed by atoms with E-state index in [0.717, 1.165) is 22.2 Å². The van der Waals surface area contributed by atoms with Gasteiger partial charge in [-0.05, 0) is 28.8 Å². The van der Waals surface area contributed by atoms with Gasteiger partial charge in [-0.25, -0.2) is 0 Å². The second-order valence-electron chi connectivity index (χ2n) is 4.26. The van der Waals surface area contributed by atoms with Gasteiger partial charge in [0.1, 0.15) is 0 Å². The summed E-state index contributed by atoms with van der Waals surface area (Å²) in [4.78, 5) is 26.7. The molecule has 0 N–H and O–H groups in total. The highest BCUT2D eigenvalue weighted by molar-refractivity contribution is 8.15. The van der Waals surface area contributed by atoms with Crippen LogP contribution >= 0.6 is 23.1 Å². The molecule has 1 atom stereocenters. The third-order valence-electron chi connectivity index (χ3n) is 3.17. The van der Waals surface area contributed by atoms with E-state index in [0.29, 0.717) is 0 Å². The van der Waals surface area contributed by atoms with Crippen molar-refractivity contribution in [3.8, 4) is 0 Å². The van der Waals surface area contributed by atoms with Gasteiger partial charge in [0.2, 0.25) is 0 Å². The molecule has 1 saturated heterocycles. The fourth-order valence-electron chi connectivity index (χ4n) is 2.19. The highest BCUT2D eigenvalue weighted by Gasteiger charge is 2.54. The fraction of sp³-hybridized carbons (Fsp3) is 0.143. The zero-order chi connectivity index (χ0) is 13.5. The second kappa shape index (κ2) is 4.51. The van der Waals surface area contributed by atoms with E-state index in [1.807, 2.05) is 47.8 Å².